The van der Waals surface area contributed by atoms with E-state index in [2.05, 4.69) is 20.3 Å². The van der Waals surface area contributed by atoms with Crippen LogP contribution in [0.1, 0.15) is 5.69 Å². The summed E-state index contributed by atoms with van der Waals surface area (Å²) in [5.74, 6) is 0.514. The van der Waals surface area contributed by atoms with Gasteiger partial charge >= 0.3 is 0 Å². The van der Waals surface area contributed by atoms with Crippen LogP contribution in [-0.2, 0) is 0 Å². The van der Waals surface area contributed by atoms with Gasteiger partial charge in [0.15, 0.2) is 0 Å². The van der Waals surface area contributed by atoms with Crippen LogP contribution in [0.15, 0.2) is 60.9 Å². The Morgan fingerprint density at radius 1 is 1.04 bits per heavy atom. The number of nitrogens with zero attached hydrogens (tertiary/aromatic N) is 4. The number of aryl methyl sites for hydroxylation is 1. The second kappa shape index (κ2) is 5.94. The molecule has 24 heavy (non-hydrogen) atoms. The largest absolute Gasteiger partial charge is 0.324 e. The zero-order valence-electron chi connectivity index (χ0n) is 12.9. The predicted octanol–water partition coefficient (Wildman–Crippen LogP) is 4.50. The molecule has 0 bridgehead atoms. The van der Waals surface area contributed by atoms with Crippen LogP contribution in [0.3, 0.4) is 0 Å². The molecule has 118 valence electrons. The Morgan fingerprint density at radius 3 is 2.83 bits per heavy atom. The van der Waals surface area contributed by atoms with Crippen molar-refractivity contribution in [1.29, 1.82) is 0 Å². The molecule has 0 amide bonds. The minimum atomic E-state index is 0.514. The maximum atomic E-state index is 6.02. The quantitative estimate of drug-likeness (QED) is 0.599. The standard InChI is InChI=1S/C18H14ClN5/c1-12-17(24-10-3-2-7-16(24)21-12)15-8-9-20-18(23-15)22-14-6-4-5-13(19)11-14/h2-11H,1H3,(H,20,22,23). The molecule has 5 nitrogen and oxygen atoms in total. The molecule has 0 saturated heterocycles. The molecule has 0 aliphatic heterocycles. The number of nitrogens with one attached hydrogen (secondary N) is 1. The monoisotopic (exact) mass is 335 g/mol. The first kappa shape index (κ1) is 14.7. The summed E-state index contributed by atoms with van der Waals surface area (Å²) in [5, 5.41) is 3.84. The van der Waals surface area contributed by atoms with Crippen LogP contribution in [0.4, 0.5) is 11.6 Å². The van der Waals surface area contributed by atoms with Crippen molar-refractivity contribution >= 4 is 28.9 Å². The lowest BCUT2D eigenvalue weighted by Crippen LogP contribution is -1.99. The first-order chi connectivity index (χ1) is 11.7. The van der Waals surface area contributed by atoms with Gasteiger partial charge in [-0.05, 0) is 43.3 Å². The van der Waals surface area contributed by atoms with Crippen molar-refractivity contribution in [3.63, 3.8) is 0 Å². The summed E-state index contributed by atoms with van der Waals surface area (Å²) >= 11 is 6.02. The summed E-state index contributed by atoms with van der Waals surface area (Å²) in [6.07, 6.45) is 3.72. The molecule has 3 heterocycles. The van der Waals surface area contributed by atoms with Gasteiger partial charge in [-0.1, -0.05) is 23.7 Å². The minimum absolute atomic E-state index is 0.514. The molecule has 0 unspecified atom stereocenters. The van der Waals surface area contributed by atoms with Crippen LogP contribution < -0.4 is 5.32 Å². The Bertz CT molecular complexity index is 1020. The highest BCUT2D eigenvalue weighted by molar-refractivity contribution is 6.30. The molecule has 0 atom stereocenters. The Kier molecular flexibility index (Phi) is 3.63. The highest BCUT2D eigenvalue weighted by Gasteiger charge is 2.12. The van der Waals surface area contributed by atoms with E-state index >= 15 is 0 Å². The maximum absolute atomic E-state index is 6.02. The lowest BCUT2D eigenvalue weighted by molar-refractivity contribution is 1.12. The highest BCUT2D eigenvalue weighted by atomic mass is 35.5. The number of imidazole rings is 1. The Balaban J connectivity index is 1.76. The topological polar surface area (TPSA) is 55.1 Å². The normalized spacial score (nSPS) is 10.9. The van der Waals surface area contributed by atoms with Gasteiger partial charge in [0.2, 0.25) is 5.95 Å². The maximum Gasteiger partial charge on any atom is 0.227 e. The Morgan fingerprint density at radius 2 is 1.96 bits per heavy atom. The Hall–Kier alpha value is -2.92. The van der Waals surface area contributed by atoms with Gasteiger partial charge in [0.1, 0.15) is 5.65 Å². The number of halogens is 1. The number of hydrogen-bond acceptors (Lipinski definition) is 4. The van der Waals surface area contributed by atoms with E-state index < -0.39 is 0 Å². The van der Waals surface area contributed by atoms with Crippen LogP contribution in [0.5, 0.6) is 0 Å². The van der Waals surface area contributed by atoms with Gasteiger partial charge in [0, 0.05) is 23.1 Å². The molecule has 0 fully saturated rings. The van der Waals surface area contributed by atoms with Crippen molar-refractivity contribution in [1.82, 2.24) is 19.4 Å². The van der Waals surface area contributed by atoms with E-state index in [0.29, 0.717) is 11.0 Å². The van der Waals surface area contributed by atoms with Gasteiger partial charge in [-0.3, -0.25) is 4.40 Å². The first-order valence-corrected chi connectivity index (χ1v) is 7.88. The molecule has 1 aromatic carbocycles. The summed E-state index contributed by atoms with van der Waals surface area (Å²) in [6.45, 7) is 1.98. The summed E-state index contributed by atoms with van der Waals surface area (Å²) in [4.78, 5) is 13.5. The van der Waals surface area contributed by atoms with E-state index in [1.807, 2.05) is 66.1 Å². The van der Waals surface area contributed by atoms with Gasteiger partial charge in [-0.25, -0.2) is 15.0 Å². The summed E-state index contributed by atoms with van der Waals surface area (Å²) < 4.78 is 2.03. The molecule has 4 rings (SSSR count). The molecule has 0 spiro atoms. The third-order valence-electron chi connectivity index (χ3n) is 3.68. The average Bonchev–Trinajstić information content (AvgIpc) is 2.91. The van der Waals surface area contributed by atoms with Gasteiger partial charge in [-0.2, -0.15) is 0 Å². The summed E-state index contributed by atoms with van der Waals surface area (Å²) in [7, 11) is 0. The van der Waals surface area contributed by atoms with Crippen LogP contribution in [-0.4, -0.2) is 19.4 Å². The molecule has 6 heteroatoms. The number of rotatable bonds is 3. The van der Waals surface area contributed by atoms with E-state index in [-0.39, 0.29) is 0 Å². The van der Waals surface area contributed by atoms with Gasteiger partial charge in [-0.15, -0.1) is 0 Å². The number of hydrogen-bond donors (Lipinski definition) is 1. The van der Waals surface area contributed by atoms with Crippen LogP contribution in [0.25, 0.3) is 17.0 Å². The zero-order chi connectivity index (χ0) is 16.5. The zero-order valence-corrected chi connectivity index (χ0v) is 13.7. The van der Waals surface area contributed by atoms with Crippen molar-refractivity contribution < 1.29 is 0 Å². The van der Waals surface area contributed by atoms with E-state index in [4.69, 9.17) is 11.6 Å². The average molecular weight is 336 g/mol. The SMILES string of the molecule is Cc1nc2ccccn2c1-c1ccnc(Nc2cccc(Cl)c2)n1. The number of anilines is 2. The third-order valence-corrected chi connectivity index (χ3v) is 3.92. The lowest BCUT2D eigenvalue weighted by atomic mass is 10.2. The van der Waals surface area contributed by atoms with Gasteiger partial charge in [0.25, 0.3) is 0 Å². The van der Waals surface area contributed by atoms with Gasteiger partial charge in [0.05, 0.1) is 17.1 Å². The number of pyridine rings is 1. The molecule has 0 saturated carbocycles. The first-order valence-electron chi connectivity index (χ1n) is 7.50. The fourth-order valence-electron chi connectivity index (χ4n) is 2.67. The van der Waals surface area contributed by atoms with Crippen molar-refractivity contribution in [2.75, 3.05) is 5.32 Å². The van der Waals surface area contributed by atoms with Crippen LogP contribution >= 0.6 is 11.6 Å². The molecule has 0 aliphatic carbocycles. The van der Waals surface area contributed by atoms with Crippen molar-refractivity contribution in [3.8, 4) is 11.4 Å². The number of aromatic nitrogens is 4. The second-order valence-electron chi connectivity index (χ2n) is 5.38. The van der Waals surface area contributed by atoms with Crippen LogP contribution in [0, 0.1) is 6.92 Å². The molecule has 1 N–H and O–H groups in total. The fourth-order valence-corrected chi connectivity index (χ4v) is 2.86. The van der Waals surface area contributed by atoms with E-state index in [9.17, 15) is 0 Å². The van der Waals surface area contributed by atoms with E-state index in [0.717, 1.165) is 28.4 Å². The molecule has 0 radical (unpaired) electrons. The molecule has 0 aliphatic rings. The van der Waals surface area contributed by atoms with Crippen molar-refractivity contribution in [2.45, 2.75) is 6.92 Å². The lowest BCUT2D eigenvalue weighted by Gasteiger charge is -2.07. The summed E-state index contributed by atoms with van der Waals surface area (Å²) in [5.41, 5.74) is 4.43. The number of benzene rings is 1. The third kappa shape index (κ3) is 2.70. The molecular formula is C18H14ClN5. The Labute approximate surface area is 144 Å². The van der Waals surface area contributed by atoms with Gasteiger partial charge < -0.3 is 5.32 Å². The predicted molar refractivity (Wildman–Crippen MR) is 95.7 cm³/mol. The minimum Gasteiger partial charge on any atom is -0.324 e. The molecule has 3 aromatic heterocycles. The highest BCUT2D eigenvalue weighted by Crippen LogP contribution is 2.24. The van der Waals surface area contributed by atoms with E-state index in [1.54, 1.807) is 6.20 Å². The number of fused-ring (bicyclic) bond motifs is 1. The molecular weight excluding hydrogens is 322 g/mol. The van der Waals surface area contributed by atoms with Crippen molar-refractivity contribution in [3.05, 3.63) is 71.6 Å². The smallest absolute Gasteiger partial charge is 0.227 e. The second-order valence-corrected chi connectivity index (χ2v) is 5.81. The van der Waals surface area contributed by atoms with Crippen molar-refractivity contribution in [2.24, 2.45) is 0 Å². The van der Waals surface area contributed by atoms with Crippen LogP contribution in [0.2, 0.25) is 5.02 Å². The fraction of sp³-hybridized carbons (Fsp3) is 0.0556. The van der Waals surface area contributed by atoms with E-state index in [1.165, 1.54) is 0 Å². The summed E-state index contributed by atoms with van der Waals surface area (Å²) in [6, 6.07) is 15.3. The molecule has 4 aromatic rings.